The zero-order valence-electron chi connectivity index (χ0n) is 7.74. The maximum Gasteiger partial charge on any atom is 0.105 e. The first-order chi connectivity index (χ1) is 4.34. The van der Waals surface area contributed by atoms with Crippen molar-refractivity contribution in [3.63, 3.8) is 0 Å². The second-order valence-corrected chi connectivity index (χ2v) is 4.46. The van der Waals surface area contributed by atoms with Crippen LogP contribution in [-0.2, 0) is 0 Å². The third-order valence-electron chi connectivity index (χ3n) is 1.62. The van der Waals surface area contributed by atoms with Gasteiger partial charge >= 0.3 is 0 Å². The highest BCUT2D eigenvalue weighted by Crippen LogP contribution is 2.27. The van der Waals surface area contributed by atoms with Crippen LogP contribution in [0.3, 0.4) is 0 Å². The molecule has 0 N–H and O–H groups in total. The number of alkyl halides is 1. The minimum absolute atomic E-state index is 0.176. The molecule has 0 nitrogen and oxygen atoms in total. The number of hydrogen-bond acceptors (Lipinski definition) is 0. The average Bonchev–Trinajstić information content (AvgIpc) is 1.60. The Morgan fingerprint density at radius 3 is 1.70 bits per heavy atom. The number of halogens is 1. The topological polar surface area (TPSA) is 0 Å². The zero-order chi connectivity index (χ0) is 8.36. The number of hydrogen-bond donors (Lipinski definition) is 0. The molecular weight excluding hydrogens is 127 g/mol. The van der Waals surface area contributed by atoms with Gasteiger partial charge in [0.05, 0.1) is 0 Å². The maximum atomic E-state index is 13.2. The van der Waals surface area contributed by atoms with Crippen molar-refractivity contribution in [2.24, 2.45) is 11.3 Å². The Balaban J connectivity index is 3.73. The summed E-state index contributed by atoms with van der Waals surface area (Å²) in [5.74, 6) is 0.467. The highest BCUT2D eigenvalue weighted by molar-refractivity contribution is 4.73. The van der Waals surface area contributed by atoms with E-state index in [-0.39, 0.29) is 5.41 Å². The van der Waals surface area contributed by atoms with Crippen molar-refractivity contribution in [2.75, 3.05) is 0 Å². The predicted molar refractivity (Wildman–Crippen MR) is 43.8 cm³/mol. The Labute approximate surface area is 63.8 Å². The minimum atomic E-state index is -0.660. The fourth-order valence-corrected chi connectivity index (χ4v) is 0.767. The van der Waals surface area contributed by atoms with Crippen LogP contribution in [0.5, 0.6) is 0 Å². The van der Waals surface area contributed by atoms with Gasteiger partial charge in [0, 0.05) is 0 Å². The van der Waals surface area contributed by atoms with Crippen LogP contribution in [0.25, 0.3) is 0 Å². The third kappa shape index (κ3) is 3.86. The molecule has 0 spiro atoms. The zero-order valence-corrected chi connectivity index (χ0v) is 7.74. The molecule has 1 unspecified atom stereocenters. The Kier molecular flexibility index (Phi) is 3.34. The maximum absolute atomic E-state index is 13.2. The van der Waals surface area contributed by atoms with Gasteiger partial charge < -0.3 is 0 Å². The first-order valence-corrected chi connectivity index (χ1v) is 3.98. The Morgan fingerprint density at radius 2 is 1.60 bits per heavy atom. The van der Waals surface area contributed by atoms with E-state index in [0.29, 0.717) is 12.3 Å². The summed E-state index contributed by atoms with van der Waals surface area (Å²) in [5, 5.41) is 0. The van der Waals surface area contributed by atoms with Crippen molar-refractivity contribution in [1.82, 2.24) is 0 Å². The molecule has 0 saturated carbocycles. The van der Waals surface area contributed by atoms with Gasteiger partial charge in [0.25, 0.3) is 0 Å². The molecule has 0 amide bonds. The van der Waals surface area contributed by atoms with Crippen LogP contribution < -0.4 is 0 Å². The monoisotopic (exact) mass is 146 g/mol. The van der Waals surface area contributed by atoms with E-state index < -0.39 is 6.17 Å². The fourth-order valence-electron chi connectivity index (χ4n) is 0.767. The highest BCUT2D eigenvalue weighted by atomic mass is 19.1. The largest absolute Gasteiger partial charge is 0.247 e. The second kappa shape index (κ2) is 3.36. The van der Waals surface area contributed by atoms with Gasteiger partial charge in [0.2, 0.25) is 0 Å². The van der Waals surface area contributed by atoms with Crippen LogP contribution in [0, 0.1) is 11.3 Å². The Morgan fingerprint density at radius 1 is 1.20 bits per heavy atom. The van der Waals surface area contributed by atoms with E-state index in [1.165, 1.54) is 0 Å². The first-order valence-electron chi connectivity index (χ1n) is 3.98. The van der Waals surface area contributed by atoms with Gasteiger partial charge in [0.1, 0.15) is 6.17 Å². The lowest BCUT2D eigenvalue weighted by atomic mass is 9.85. The van der Waals surface area contributed by atoms with Crippen LogP contribution >= 0.6 is 0 Å². The molecule has 0 aromatic heterocycles. The molecule has 0 radical (unpaired) electrons. The van der Waals surface area contributed by atoms with E-state index in [9.17, 15) is 4.39 Å². The summed E-state index contributed by atoms with van der Waals surface area (Å²) < 4.78 is 13.2. The smallest absolute Gasteiger partial charge is 0.105 e. The van der Waals surface area contributed by atoms with Crippen LogP contribution in [-0.4, -0.2) is 6.17 Å². The summed E-state index contributed by atoms with van der Waals surface area (Å²) in [6.45, 7) is 9.94. The van der Waals surface area contributed by atoms with E-state index in [1.54, 1.807) is 0 Å². The number of rotatable bonds is 2. The van der Waals surface area contributed by atoms with Gasteiger partial charge in [-0.05, 0) is 17.8 Å². The van der Waals surface area contributed by atoms with Crippen molar-refractivity contribution in [1.29, 1.82) is 0 Å². The molecular formula is C9H19F. The van der Waals surface area contributed by atoms with Crippen molar-refractivity contribution in [3.8, 4) is 0 Å². The minimum Gasteiger partial charge on any atom is -0.247 e. The summed E-state index contributed by atoms with van der Waals surface area (Å²) in [6.07, 6.45) is 0.0243. The van der Waals surface area contributed by atoms with Gasteiger partial charge in [-0.1, -0.05) is 34.6 Å². The average molecular weight is 146 g/mol. The molecule has 10 heavy (non-hydrogen) atoms. The molecule has 0 aromatic carbocycles. The Bertz CT molecular complexity index is 89.4. The molecule has 0 aliphatic heterocycles. The van der Waals surface area contributed by atoms with Gasteiger partial charge in [0.15, 0.2) is 0 Å². The van der Waals surface area contributed by atoms with E-state index in [2.05, 4.69) is 13.8 Å². The van der Waals surface area contributed by atoms with E-state index in [1.807, 2.05) is 20.8 Å². The lowest BCUT2D eigenvalue weighted by Gasteiger charge is -2.24. The third-order valence-corrected chi connectivity index (χ3v) is 1.62. The SMILES string of the molecule is CC(C)CC(F)C(C)(C)C. The summed E-state index contributed by atoms with van der Waals surface area (Å²) in [5.41, 5.74) is -0.176. The normalized spacial score (nSPS) is 15.9. The van der Waals surface area contributed by atoms with Crippen molar-refractivity contribution in [2.45, 2.75) is 47.2 Å². The van der Waals surface area contributed by atoms with Crippen LogP contribution in [0.1, 0.15) is 41.0 Å². The Hall–Kier alpha value is -0.0700. The van der Waals surface area contributed by atoms with Gasteiger partial charge in [-0.25, -0.2) is 4.39 Å². The summed E-state index contributed by atoms with van der Waals surface area (Å²) >= 11 is 0. The predicted octanol–water partition coefficient (Wildman–Crippen LogP) is 3.42. The molecule has 0 heterocycles. The van der Waals surface area contributed by atoms with Crippen LogP contribution in [0.4, 0.5) is 4.39 Å². The second-order valence-electron chi connectivity index (χ2n) is 4.46. The van der Waals surface area contributed by atoms with Crippen molar-refractivity contribution < 1.29 is 4.39 Å². The van der Waals surface area contributed by atoms with Gasteiger partial charge in [-0.15, -0.1) is 0 Å². The van der Waals surface area contributed by atoms with Crippen molar-refractivity contribution >= 4 is 0 Å². The quantitative estimate of drug-likeness (QED) is 0.560. The lowest BCUT2D eigenvalue weighted by Crippen LogP contribution is -2.23. The molecule has 0 rings (SSSR count). The lowest BCUT2D eigenvalue weighted by molar-refractivity contribution is 0.137. The summed E-state index contributed by atoms with van der Waals surface area (Å²) in [7, 11) is 0. The van der Waals surface area contributed by atoms with Crippen LogP contribution in [0.2, 0.25) is 0 Å². The molecule has 62 valence electrons. The van der Waals surface area contributed by atoms with Gasteiger partial charge in [-0.2, -0.15) is 0 Å². The summed E-state index contributed by atoms with van der Waals surface area (Å²) in [4.78, 5) is 0. The van der Waals surface area contributed by atoms with E-state index in [0.717, 1.165) is 0 Å². The molecule has 1 heteroatoms. The summed E-state index contributed by atoms with van der Waals surface area (Å²) in [6, 6.07) is 0. The molecule has 0 saturated heterocycles. The highest BCUT2D eigenvalue weighted by Gasteiger charge is 2.24. The molecule has 0 fully saturated rings. The molecule has 0 bridgehead atoms. The molecule has 1 atom stereocenters. The van der Waals surface area contributed by atoms with Gasteiger partial charge in [-0.3, -0.25) is 0 Å². The van der Waals surface area contributed by atoms with E-state index >= 15 is 0 Å². The first kappa shape index (κ1) is 9.93. The molecule has 0 aromatic rings. The standard InChI is InChI=1S/C9H19F/c1-7(2)6-8(10)9(3,4)5/h7-8H,6H2,1-5H3. The van der Waals surface area contributed by atoms with Crippen molar-refractivity contribution in [3.05, 3.63) is 0 Å². The van der Waals surface area contributed by atoms with Crippen LogP contribution in [0.15, 0.2) is 0 Å². The fraction of sp³-hybridized carbons (Fsp3) is 1.00. The molecule has 0 aliphatic rings. The molecule has 0 aliphatic carbocycles. The van der Waals surface area contributed by atoms with E-state index in [4.69, 9.17) is 0 Å².